The molecular formula is C12H19N3O2S. The summed E-state index contributed by atoms with van der Waals surface area (Å²) in [7, 11) is 0. The molecule has 1 aliphatic heterocycles. The minimum atomic E-state index is -0.0240. The van der Waals surface area contributed by atoms with Gasteiger partial charge in [-0.3, -0.25) is 4.79 Å². The van der Waals surface area contributed by atoms with Gasteiger partial charge in [0.15, 0.2) is 0 Å². The summed E-state index contributed by atoms with van der Waals surface area (Å²) in [6, 6.07) is 0.152. The first-order valence-corrected chi connectivity index (χ1v) is 7.20. The van der Waals surface area contributed by atoms with Crippen molar-refractivity contribution in [2.75, 3.05) is 13.2 Å². The van der Waals surface area contributed by atoms with E-state index in [0.29, 0.717) is 18.7 Å². The number of carbonyl (C=O) groups is 1. The molecule has 1 unspecified atom stereocenters. The monoisotopic (exact) mass is 269 g/mol. The van der Waals surface area contributed by atoms with Crippen LogP contribution in [-0.4, -0.2) is 40.1 Å². The first-order chi connectivity index (χ1) is 8.76. The standard InChI is InChI=1S/C12H19N3O2S/c13-7-11-14-10(8-18-11)12(17)15-5-2-1-3-9(15)4-6-16/h8-9,16H,1-7,13H2. The summed E-state index contributed by atoms with van der Waals surface area (Å²) >= 11 is 1.42. The summed E-state index contributed by atoms with van der Waals surface area (Å²) in [6.45, 7) is 1.26. The molecule has 1 fully saturated rings. The Morgan fingerprint density at radius 2 is 2.44 bits per heavy atom. The molecule has 0 aliphatic carbocycles. The number of thiazole rings is 1. The summed E-state index contributed by atoms with van der Waals surface area (Å²) in [6.07, 6.45) is 3.78. The molecule has 100 valence electrons. The number of nitrogens with zero attached hydrogens (tertiary/aromatic N) is 2. The number of aliphatic hydroxyl groups excluding tert-OH is 1. The number of piperidine rings is 1. The highest BCUT2D eigenvalue weighted by Gasteiger charge is 2.28. The van der Waals surface area contributed by atoms with Gasteiger partial charge >= 0.3 is 0 Å². The van der Waals surface area contributed by atoms with Crippen LogP contribution < -0.4 is 5.73 Å². The van der Waals surface area contributed by atoms with E-state index >= 15 is 0 Å². The maximum absolute atomic E-state index is 12.4. The van der Waals surface area contributed by atoms with Crippen molar-refractivity contribution in [1.29, 1.82) is 0 Å². The predicted molar refractivity (Wildman–Crippen MR) is 70.4 cm³/mol. The van der Waals surface area contributed by atoms with Crippen molar-refractivity contribution >= 4 is 17.2 Å². The lowest BCUT2D eigenvalue weighted by atomic mass is 9.99. The summed E-state index contributed by atoms with van der Waals surface area (Å²) < 4.78 is 0. The van der Waals surface area contributed by atoms with Gasteiger partial charge in [-0.05, 0) is 25.7 Å². The number of rotatable bonds is 4. The molecular weight excluding hydrogens is 250 g/mol. The molecule has 1 atom stereocenters. The number of nitrogens with two attached hydrogens (primary N) is 1. The zero-order valence-corrected chi connectivity index (χ0v) is 11.2. The molecule has 1 aliphatic rings. The zero-order valence-electron chi connectivity index (χ0n) is 10.3. The average Bonchev–Trinajstić information content (AvgIpc) is 2.88. The van der Waals surface area contributed by atoms with Crippen molar-refractivity contribution in [1.82, 2.24) is 9.88 Å². The Balaban J connectivity index is 2.10. The normalized spacial score (nSPS) is 20.1. The fourth-order valence-corrected chi connectivity index (χ4v) is 3.02. The second-order valence-corrected chi connectivity index (χ2v) is 5.43. The van der Waals surface area contributed by atoms with E-state index in [9.17, 15) is 4.79 Å². The van der Waals surface area contributed by atoms with Gasteiger partial charge in [-0.1, -0.05) is 0 Å². The predicted octanol–water partition coefficient (Wildman–Crippen LogP) is 0.979. The Hall–Kier alpha value is -0.980. The maximum atomic E-state index is 12.4. The van der Waals surface area contributed by atoms with E-state index in [1.54, 1.807) is 5.38 Å². The molecule has 0 aromatic carbocycles. The minimum absolute atomic E-state index is 0.0240. The van der Waals surface area contributed by atoms with E-state index in [4.69, 9.17) is 10.8 Å². The molecule has 1 saturated heterocycles. The Bertz CT molecular complexity index is 406. The van der Waals surface area contributed by atoms with Crippen LogP contribution in [0.1, 0.15) is 41.2 Å². The smallest absolute Gasteiger partial charge is 0.273 e. The maximum Gasteiger partial charge on any atom is 0.273 e. The van der Waals surface area contributed by atoms with E-state index in [0.717, 1.165) is 30.8 Å². The van der Waals surface area contributed by atoms with E-state index in [1.807, 2.05) is 4.90 Å². The first kappa shape index (κ1) is 13.5. The van der Waals surface area contributed by atoms with E-state index in [-0.39, 0.29) is 18.6 Å². The van der Waals surface area contributed by atoms with E-state index in [1.165, 1.54) is 11.3 Å². The van der Waals surface area contributed by atoms with Gasteiger partial charge in [-0.15, -0.1) is 11.3 Å². The van der Waals surface area contributed by atoms with Crippen LogP contribution in [0.15, 0.2) is 5.38 Å². The summed E-state index contributed by atoms with van der Waals surface area (Å²) in [5.74, 6) is -0.0240. The second kappa shape index (κ2) is 6.26. The van der Waals surface area contributed by atoms with Gasteiger partial charge in [-0.25, -0.2) is 4.98 Å². The van der Waals surface area contributed by atoms with Gasteiger partial charge in [0.1, 0.15) is 10.7 Å². The van der Waals surface area contributed by atoms with Gasteiger partial charge < -0.3 is 15.7 Å². The van der Waals surface area contributed by atoms with Crippen LogP contribution in [0.4, 0.5) is 0 Å². The number of aliphatic hydroxyl groups is 1. The Kier molecular flexibility index (Phi) is 4.68. The van der Waals surface area contributed by atoms with Crippen LogP contribution in [0, 0.1) is 0 Å². The third-order valence-corrected chi connectivity index (χ3v) is 4.17. The van der Waals surface area contributed by atoms with Gasteiger partial charge in [0.2, 0.25) is 0 Å². The number of aromatic nitrogens is 1. The molecule has 3 N–H and O–H groups in total. The molecule has 1 amide bonds. The van der Waals surface area contributed by atoms with E-state index < -0.39 is 0 Å². The van der Waals surface area contributed by atoms with E-state index in [2.05, 4.69) is 4.98 Å². The molecule has 0 spiro atoms. The van der Waals surface area contributed by atoms with Crippen LogP contribution in [0.3, 0.4) is 0 Å². The van der Waals surface area contributed by atoms with Crippen molar-refractivity contribution in [2.45, 2.75) is 38.3 Å². The quantitative estimate of drug-likeness (QED) is 0.854. The van der Waals surface area contributed by atoms with Crippen molar-refractivity contribution in [2.24, 2.45) is 5.73 Å². The molecule has 18 heavy (non-hydrogen) atoms. The number of carbonyl (C=O) groups excluding carboxylic acids is 1. The topological polar surface area (TPSA) is 79.5 Å². The fourth-order valence-electron chi connectivity index (χ4n) is 2.37. The molecule has 2 rings (SSSR count). The highest BCUT2D eigenvalue weighted by atomic mass is 32.1. The number of hydrogen-bond donors (Lipinski definition) is 2. The molecule has 6 heteroatoms. The minimum Gasteiger partial charge on any atom is -0.396 e. The Morgan fingerprint density at radius 3 is 3.11 bits per heavy atom. The van der Waals surface area contributed by atoms with Crippen LogP contribution in [0.25, 0.3) is 0 Å². The third kappa shape index (κ3) is 2.88. The Labute approximate surface area is 111 Å². The molecule has 2 heterocycles. The van der Waals surface area contributed by atoms with Crippen molar-refractivity contribution in [3.05, 3.63) is 16.1 Å². The highest BCUT2D eigenvalue weighted by Crippen LogP contribution is 2.22. The first-order valence-electron chi connectivity index (χ1n) is 6.32. The molecule has 0 bridgehead atoms. The number of amides is 1. The molecule has 0 radical (unpaired) electrons. The number of hydrogen-bond acceptors (Lipinski definition) is 5. The summed E-state index contributed by atoms with van der Waals surface area (Å²) in [5, 5.41) is 11.6. The zero-order chi connectivity index (χ0) is 13.0. The third-order valence-electron chi connectivity index (χ3n) is 3.30. The molecule has 0 saturated carbocycles. The van der Waals surface area contributed by atoms with Crippen LogP contribution in [0.2, 0.25) is 0 Å². The van der Waals surface area contributed by atoms with Gasteiger partial charge in [0, 0.05) is 31.1 Å². The largest absolute Gasteiger partial charge is 0.396 e. The summed E-state index contributed by atoms with van der Waals surface area (Å²) in [4.78, 5) is 18.5. The second-order valence-electron chi connectivity index (χ2n) is 4.49. The molecule has 1 aromatic heterocycles. The highest BCUT2D eigenvalue weighted by molar-refractivity contribution is 7.09. The van der Waals surface area contributed by atoms with Crippen molar-refractivity contribution in [3.63, 3.8) is 0 Å². The lowest BCUT2D eigenvalue weighted by Gasteiger charge is -2.35. The Morgan fingerprint density at radius 1 is 1.61 bits per heavy atom. The van der Waals surface area contributed by atoms with Crippen LogP contribution >= 0.6 is 11.3 Å². The number of likely N-dealkylation sites (tertiary alicyclic amines) is 1. The van der Waals surface area contributed by atoms with Crippen molar-refractivity contribution in [3.8, 4) is 0 Å². The average molecular weight is 269 g/mol. The fraction of sp³-hybridized carbons (Fsp3) is 0.667. The molecule has 1 aromatic rings. The summed E-state index contributed by atoms with van der Waals surface area (Å²) in [5.41, 5.74) is 6.00. The van der Waals surface area contributed by atoms with Gasteiger partial charge in [-0.2, -0.15) is 0 Å². The lowest BCUT2D eigenvalue weighted by Crippen LogP contribution is -2.44. The van der Waals surface area contributed by atoms with Crippen LogP contribution in [0.5, 0.6) is 0 Å². The SMILES string of the molecule is NCc1nc(C(=O)N2CCCCC2CCO)cs1. The van der Waals surface area contributed by atoms with Gasteiger partial charge in [0.25, 0.3) is 5.91 Å². The van der Waals surface area contributed by atoms with Crippen molar-refractivity contribution < 1.29 is 9.90 Å². The lowest BCUT2D eigenvalue weighted by molar-refractivity contribution is 0.0569. The van der Waals surface area contributed by atoms with Crippen LogP contribution in [-0.2, 0) is 6.54 Å². The molecule has 5 nitrogen and oxygen atoms in total. The van der Waals surface area contributed by atoms with Gasteiger partial charge in [0.05, 0.1) is 0 Å².